The molecule has 0 bridgehead atoms. The van der Waals surface area contributed by atoms with Crippen LogP contribution in [0.25, 0.3) is 0 Å². The second-order valence-corrected chi connectivity index (χ2v) is 5.83. The summed E-state index contributed by atoms with van der Waals surface area (Å²) in [5.41, 5.74) is 5.34. The highest BCUT2D eigenvalue weighted by atomic mass is 32.2. The Morgan fingerprint density at radius 3 is 2.60 bits per heavy atom. The normalized spacial score (nSPS) is 16.9. The van der Waals surface area contributed by atoms with Crippen LogP contribution in [0, 0.1) is 0 Å². The Morgan fingerprint density at radius 2 is 2.20 bits per heavy atom. The third kappa shape index (κ3) is 4.42. The molecule has 0 amide bonds. The van der Waals surface area contributed by atoms with Crippen LogP contribution in [0.4, 0.5) is 0 Å². The Balaban J connectivity index is 2.50. The van der Waals surface area contributed by atoms with Gasteiger partial charge in [-0.15, -0.1) is 0 Å². The number of nitrogens with one attached hydrogen (secondary N) is 1. The van der Waals surface area contributed by atoms with E-state index in [1.165, 1.54) is 4.31 Å². The fourth-order valence-corrected chi connectivity index (χ4v) is 2.74. The molecular formula is C8H17N3O2S2. The Kier molecular flexibility index (Phi) is 4.45. The van der Waals surface area contributed by atoms with E-state index in [-0.39, 0.29) is 6.04 Å². The van der Waals surface area contributed by atoms with Crippen LogP contribution >= 0.6 is 12.2 Å². The van der Waals surface area contributed by atoms with Crippen molar-refractivity contribution in [2.45, 2.75) is 32.2 Å². The molecule has 1 fully saturated rings. The Morgan fingerprint density at radius 1 is 1.60 bits per heavy atom. The zero-order valence-electron chi connectivity index (χ0n) is 8.77. The molecule has 0 heterocycles. The van der Waals surface area contributed by atoms with Gasteiger partial charge in [-0.05, 0) is 12.8 Å². The fourth-order valence-electron chi connectivity index (χ4n) is 1.17. The van der Waals surface area contributed by atoms with Crippen molar-refractivity contribution < 1.29 is 8.42 Å². The molecule has 7 heteroatoms. The number of nitrogens with zero attached hydrogens (tertiary/aromatic N) is 1. The van der Waals surface area contributed by atoms with Crippen LogP contribution in [0.1, 0.15) is 26.2 Å². The van der Waals surface area contributed by atoms with Crippen LogP contribution in [-0.2, 0) is 10.2 Å². The van der Waals surface area contributed by atoms with Gasteiger partial charge in [0.2, 0.25) is 0 Å². The largest absolute Gasteiger partial charge is 0.393 e. The smallest absolute Gasteiger partial charge is 0.279 e. The standard InChI is InChI=1S/C8H17N3O2S2/c1-2-11(6-5-8(9)14)15(12,13)10-7-3-4-7/h7,10H,2-6H2,1H3,(H2,9,14). The van der Waals surface area contributed by atoms with Gasteiger partial charge in [-0.25, -0.2) is 0 Å². The van der Waals surface area contributed by atoms with Gasteiger partial charge in [0.05, 0.1) is 4.99 Å². The van der Waals surface area contributed by atoms with Gasteiger partial charge in [-0.2, -0.15) is 17.4 Å². The second kappa shape index (κ2) is 5.20. The van der Waals surface area contributed by atoms with Gasteiger partial charge in [0, 0.05) is 25.6 Å². The number of rotatable bonds is 7. The molecule has 0 saturated heterocycles. The van der Waals surface area contributed by atoms with Gasteiger partial charge in [-0.1, -0.05) is 19.1 Å². The summed E-state index contributed by atoms with van der Waals surface area (Å²) < 4.78 is 27.5. The van der Waals surface area contributed by atoms with E-state index in [9.17, 15) is 8.42 Å². The van der Waals surface area contributed by atoms with E-state index >= 15 is 0 Å². The van der Waals surface area contributed by atoms with E-state index in [2.05, 4.69) is 4.72 Å². The Hall–Kier alpha value is -0.240. The first-order valence-electron chi connectivity index (χ1n) is 5.01. The lowest BCUT2D eigenvalue weighted by atomic mass is 10.4. The first kappa shape index (κ1) is 12.8. The van der Waals surface area contributed by atoms with E-state index in [0.717, 1.165) is 12.8 Å². The van der Waals surface area contributed by atoms with Crippen molar-refractivity contribution in [3.8, 4) is 0 Å². The highest BCUT2D eigenvalue weighted by Crippen LogP contribution is 2.20. The average molecular weight is 251 g/mol. The molecule has 3 N–H and O–H groups in total. The van der Waals surface area contributed by atoms with Crippen molar-refractivity contribution in [1.29, 1.82) is 0 Å². The van der Waals surface area contributed by atoms with Gasteiger partial charge < -0.3 is 5.73 Å². The van der Waals surface area contributed by atoms with Gasteiger partial charge in [0.15, 0.2) is 0 Å². The SMILES string of the molecule is CCN(CCC(N)=S)S(=O)(=O)NC1CC1. The van der Waals surface area contributed by atoms with Crippen LogP contribution in [0.15, 0.2) is 0 Å². The average Bonchev–Trinajstić information content (AvgIpc) is 2.87. The molecule has 0 unspecified atom stereocenters. The second-order valence-electron chi connectivity index (χ2n) is 3.61. The molecule has 1 aliphatic carbocycles. The van der Waals surface area contributed by atoms with E-state index in [4.69, 9.17) is 18.0 Å². The highest BCUT2D eigenvalue weighted by Gasteiger charge is 2.30. The fraction of sp³-hybridized carbons (Fsp3) is 0.875. The van der Waals surface area contributed by atoms with Crippen LogP contribution in [-0.4, -0.2) is 36.8 Å². The first-order valence-corrected chi connectivity index (χ1v) is 6.86. The molecule has 1 saturated carbocycles. The van der Waals surface area contributed by atoms with Crippen molar-refractivity contribution in [2.75, 3.05) is 13.1 Å². The van der Waals surface area contributed by atoms with Crippen LogP contribution < -0.4 is 10.5 Å². The quantitative estimate of drug-likeness (QED) is 0.624. The topological polar surface area (TPSA) is 75.4 Å². The Bertz CT molecular complexity index is 325. The molecule has 0 aliphatic heterocycles. The van der Waals surface area contributed by atoms with Crippen LogP contribution in [0.3, 0.4) is 0 Å². The lowest BCUT2D eigenvalue weighted by Gasteiger charge is -2.20. The predicted molar refractivity (Wildman–Crippen MR) is 63.7 cm³/mol. The number of thiocarbonyl (C=S) groups is 1. The first-order chi connectivity index (χ1) is 6.95. The zero-order chi connectivity index (χ0) is 11.5. The highest BCUT2D eigenvalue weighted by molar-refractivity contribution is 7.87. The molecule has 0 radical (unpaired) electrons. The summed E-state index contributed by atoms with van der Waals surface area (Å²) in [5.74, 6) is 0. The predicted octanol–water partition coefficient (Wildman–Crippen LogP) is -0.0187. The number of hydrogen-bond acceptors (Lipinski definition) is 3. The summed E-state index contributed by atoms with van der Waals surface area (Å²) in [6.07, 6.45) is 2.30. The lowest BCUT2D eigenvalue weighted by Crippen LogP contribution is -2.42. The minimum Gasteiger partial charge on any atom is -0.393 e. The zero-order valence-corrected chi connectivity index (χ0v) is 10.4. The molecule has 0 aromatic heterocycles. The maximum absolute atomic E-state index is 11.8. The van der Waals surface area contributed by atoms with Gasteiger partial charge >= 0.3 is 0 Å². The maximum Gasteiger partial charge on any atom is 0.279 e. The molecule has 0 aromatic rings. The monoisotopic (exact) mass is 251 g/mol. The number of hydrogen-bond donors (Lipinski definition) is 2. The van der Waals surface area contributed by atoms with Crippen LogP contribution in [0.2, 0.25) is 0 Å². The lowest BCUT2D eigenvalue weighted by molar-refractivity contribution is 0.427. The van der Waals surface area contributed by atoms with Crippen molar-refractivity contribution >= 4 is 27.4 Å². The van der Waals surface area contributed by atoms with Gasteiger partial charge in [-0.3, -0.25) is 0 Å². The van der Waals surface area contributed by atoms with Crippen LogP contribution in [0.5, 0.6) is 0 Å². The minimum atomic E-state index is -3.34. The summed E-state index contributed by atoms with van der Waals surface area (Å²) in [6, 6.07) is 0.133. The third-order valence-electron chi connectivity index (χ3n) is 2.19. The minimum absolute atomic E-state index is 0.133. The van der Waals surface area contributed by atoms with E-state index in [1.54, 1.807) is 6.92 Å². The van der Waals surface area contributed by atoms with Crippen molar-refractivity contribution in [2.24, 2.45) is 5.73 Å². The summed E-state index contributed by atoms with van der Waals surface area (Å²) in [4.78, 5) is 0.343. The van der Waals surface area contributed by atoms with Crippen molar-refractivity contribution in [1.82, 2.24) is 9.03 Å². The van der Waals surface area contributed by atoms with Crippen molar-refractivity contribution in [3.05, 3.63) is 0 Å². The molecule has 1 rings (SSSR count). The summed E-state index contributed by atoms with van der Waals surface area (Å²) >= 11 is 4.72. The molecule has 5 nitrogen and oxygen atoms in total. The molecule has 1 aliphatic rings. The Labute approximate surface area is 96.2 Å². The van der Waals surface area contributed by atoms with Gasteiger partial charge in [0.25, 0.3) is 10.2 Å². The van der Waals surface area contributed by atoms with E-state index in [1.807, 2.05) is 0 Å². The third-order valence-corrected chi connectivity index (χ3v) is 4.15. The van der Waals surface area contributed by atoms with E-state index < -0.39 is 10.2 Å². The molecule has 15 heavy (non-hydrogen) atoms. The molecule has 0 aromatic carbocycles. The molecule has 0 spiro atoms. The van der Waals surface area contributed by atoms with Gasteiger partial charge in [0.1, 0.15) is 0 Å². The number of nitrogens with two attached hydrogens (primary N) is 1. The summed E-state index contributed by atoms with van der Waals surface area (Å²) in [6.45, 7) is 2.59. The van der Waals surface area contributed by atoms with Crippen molar-refractivity contribution in [3.63, 3.8) is 0 Å². The van der Waals surface area contributed by atoms with E-state index in [0.29, 0.717) is 24.5 Å². The molecule has 88 valence electrons. The maximum atomic E-state index is 11.8. The summed E-state index contributed by atoms with van der Waals surface area (Å²) in [7, 11) is -3.34. The summed E-state index contributed by atoms with van der Waals surface area (Å²) in [5, 5.41) is 0. The molecular weight excluding hydrogens is 234 g/mol. The molecule has 0 atom stereocenters.